The van der Waals surface area contributed by atoms with Crippen LogP contribution in [0, 0.1) is 5.92 Å². The van der Waals surface area contributed by atoms with Crippen molar-refractivity contribution in [1.29, 1.82) is 0 Å². The topological polar surface area (TPSA) is 117 Å². The summed E-state index contributed by atoms with van der Waals surface area (Å²) in [5.74, 6) is -0.492. The minimum absolute atomic E-state index is 0.0177. The molecule has 10 heteroatoms. The normalized spacial score (nSPS) is 16.8. The molecule has 2 aromatic carbocycles. The van der Waals surface area contributed by atoms with E-state index in [0.717, 1.165) is 24.1 Å². The number of hydrogen-bond acceptors (Lipinski definition) is 6. The van der Waals surface area contributed by atoms with Gasteiger partial charge in [-0.1, -0.05) is 0 Å². The fourth-order valence-electron chi connectivity index (χ4n) is 4.89. The predicted molar refractivity (Wildman–Crippen MR) is 132 cm³/mol. The second kappa shape index (κ2) is 9.88. The SMILES string of the molecule is CC(=O)N1CCCc2cc(NC(=O)C(=O)N3CCC(C(=O)Nc4ccc5c(c4)OCO5)CC3)ccc21. The van der Waals surface area contributed by atoms with Crippen LogP contribution in [0.3, 0.4) is 0 Å². The monoisotopic (exact) mass is 492 g/mol. The maximum absolute atomic E-state index is 12.7. The molecule has 0 atom stereocenters. The van der Waals surface area contributed by atoms with Crippen LogP contribution in [0.4, 0.5) is 17.1 Å². The van der Waals surface area contributed by atoms with Crippen LogP contribution in [0.25, 0.3) is 0 Å². The maximum atomic E-state index is 12.7. The van der Waals surface area contributed by atoms with Crippen molar-refractivity contribution >= 4 is 40.7 Å². The number of fused-ring (bicyclic) bond motifs is 2. The molecule has 1 saturated heterocycles. The largest absolute Gasteiger partial charge is 0.454 e. The van der Waals surface area contributed by atoms with Crippen LogP contribution in [-0.2, 0) is 25.6 Å². The van der Waals surface area contributed by atoms with Gasteiger partial charge >= 0.3 is 11.8 Å². The van der Waals surface area contributed by atoms with Crippen LogP contribution in [-0.4, -0.2) is 55.0 Å². The standard InChI is InChI=1S/C26H28N4O6/c1-16(31)30-10-2-3-18-13-19(4-6-21(18)30)28-25(33)26(34)29-11-8-17(9-12-29)24(32)27-20-5-7-22-23(14-20)36-15-35-22/h4-7,13-14,17H,2-3,8-12,15H2,1H3,(H,27,32)(H,28,33). The Morgan fingerprint density at radius 3 is 2.39 bits per heavy atom. The summed E-state index contributed by atoms with van der Waals surface area (Å²) in [6.45, 7) is 3.02. The zero-order chi connectivity index (χ0) is 25.2. The molecule has 0 aromatic heterocycles. The number of piperidine rings is 1. The summed E-state index contributed by atoms with van der Waals surface area (Å²) in [5, 5.41) is 5.58. The van der Waals surface area contributed by atoms with Crippen molar-refractivity contribution in [2.24, 2.45) is 5.92 Å². The number of anilines is 3. The number of nitrogens with zero attached hydrogens (tertiary/aromatic N) is 2. The van der Waals surface area contributed by atoms with E-state index >= 15 is 0 Å². The Hall–Kier alpha value is -4.08. The van der Waals surface area contributed by atoms with Gasteiger partial charge in [0, 0.05) is 55.6 Å². The minimum atomic E-state index is -0.711. The minimum Gasteiger partial charge on any atom is -0.454 e. The lowest BCUT2D eigenvalue weighted by molar-refractivity contribution is -0.144. The third-order valence-electron chi connectivity index (χ3n) is 6.82. The van der Waals surface area contributed by atoms with Crippen molar-refractivity contribution < 1.29 is 28.7 Å². The number of likely N-dealkylation sites (tertiary alicyclic amines) is 1. The molecule has 3 aliphatic heterocycles. The van der Waals surface area contributed by atoms with Gasteiger partial charge in [0.25, 0.3) is 0 Å². The van der Waals surface area contributed by atoms with E-state index in [2.05, 4.69) is 10.6 Å². The Balaban J connectivity index is 1.13. The predicted octanol–water partition coefficient (Wildman–Crippen LogP) is 2.53. The Bertz CT molecular complexity index is 1220. The molecule has 0 bridgehead atoms. The van der Waals surface area contributed by atoms with Gasteiger partial charge < -0.3 is 29.9 Å². The molecule has 1 fully saturated rings. The van der Waals surface area contributed by atoms with Crippen molar-refractivity contribution in [1.82, 2.24) is 4.90 Å². The van der Waals surface area contributed by atoms with E-state index in [1.165, 1.54) is 11.8 Å². The summed E-state index contributed by atoms with van der Waals surface area (Å²) in [4.78, 5) is 53.2. The van der Waals surface area contributed by atoms with Crippen molar-refractivity contribution in [2.45, 2.75) is 32.6 Å². The zero-order valence-electron chi connectivity index (χ0n) is 20.0. The first-order chi connectivity index (χ1) is 17.4. The Kier molecular flexibility index (Phi) is 6.49. The number of benzene rings is 2. The molecule has 0 aliphatic carbocycles. The van der Waals surface area contributed by atoms with Crippen LogP contribution in [0.2, 0.25) is 0 Å². The molecular weight excluding hydrogens is 464 g/mol. The fraction of sp³-hybridized carbons (Fsp3) is 0.385. The van der Waals surface area contributed by atoms with Crippen LogP contribution in [0.15, 0.2) is 36.4 Å². The Morgan fingerprint density at radius 1 is 0.889 bits per heavy atom. The molecule has 0 saturated carbocycles. The molecule has 3 aliphatic rings. The van der Waals surface area contributed by atoms with Gasteiger partial charge in [-0.2, -0.15) is 0 Å². The number of hydrogen-bond donors (Lipinski definition) is 2. The number of carbonyl (C=O) groups excluding carboxylic acids is 4. The second-order valence-electron chi connectivity index (χ2n) is 9.20. The summed E-state index contributed by atoms with van der Waals surface area (Å²) in [7, 11) is 0. The van der Waals surface area contributed by atoms with Crippen molar-refractivity contribution in [3.05, 3.63) is 42.0 Å². The lowest BCUT2D eigenvalue weighted by atomic mass is 9.95. The number of nitrogens with one attached hydrogen (secondary N) is 2. The Morgan fingerprint density at radius 2 is 1.61 bits per heavy atom. The highest BCUT2D eigenvalue weighted by Crippen LogP contribution is 2.34. The first-order valence-corrected chi connectivity index (χ1v) is 12.1. The molecule has 3 heterocycles. The molecular formula is C26H28N4O6. The van der Waals surface area contributed by atoms with Crippen LogP contribution in [0.1, 0.15) is 31.7 Å². The molecule has 2 aromatic rings. The molecule has 0 spiro atoms. The van der Waals surface area contributed by atoms with Gasteiger partial charge in [0.2, 0.25) is 18.6 Å². The number of rotatable bonds is 3. The van der Waals surface area contributed by atoms with Crippen LogP contribution < -0.4 is 25.0 Å². The summed E-state index contributed by atoms with van der Waals surface area (Å²) in [5.41, 5.74) is 2.96. The molecule has 0 radical (unpaired) electrons. The van der Waals surface area contributed by atoms with Gasteiger partial charge in [-0.3, -0.25) is 19.2 Å². The molecule has 0 unspecified atom stereocenters. The smallest absolute Gasteiger partial charge is 0.313 e. The average Bonchev–Trinajstić information content (AvgIpc) is 3.35. The lowest BCUT2D eigenvalue weighted by Gasteiger charge is -2.31. The number of aryl methyl sites for hydroxylation is 1. The van der Waals surface area contributed by atoms with Gasteiger partial charge in [0.05, 0.1) is 0 Å². The maximum Gasteiger partial charge on any atom is 0.313 e. The van der Waals surface area contributed by atoms with E-state index in [1.54, 1.807) is 35.2 Å². The van der Waals surface area contributed by atoms with E-state index in [9.17, 15) is 19.2 Å². The number of ether oxygens (including phenoxy) is 2. The molecule has 5 rings (SSSR count). The van der Waals surface area contributed by atoms with E-state index in [-0.39, 0.29) is 24.5 Å². The molecule has 188 valence electrons. The summed E-state index contributed by atoms with van der Waals surface area (Å²) in [6.07, 6.45) is 2.59. The first-order valence-electron chi connectivity index (χ1n) is 12.1. The van der Waals surface area contributed by atoms with E-state index < -0.39 is 11.8 Å². The van der Waals surface area contributed by atoms with Gasteiger partial charge in [0.15, 0.2) is 11.5 Å². The highest BCUT2D eigenvalue weighted by atomic mass is 16.7. The van der Waals surface area contributed by atoms with E-state index in [1.807, 2.05) is 6.07 Å². The third-order valence-corrected chi connectivity index (χ3v) is 6.82. The van der Waals surface area contributed by atoms with Gasteiger partial charge in [0.1, 0.15) is 0 Å². The quantitative estimate of drug-likeness (QED) is 0.636. The fourth-order valence-corrected chi connectivity index (χ4v) is 4.89. The van der Waals surface area contributed by atoms with Crippen molar-refractivity contribution in [3.63, 3.8) is 0 Å². The second-order valence-corrected chi connectivity index (χ2v) is 9.20. The lowest BCUT2D eigenvalue weighted by Crippen LogP contribution is -2.45. The third kappa shape index (κ3) is 4.84. The van der Waals surface area contributed by atoms with E-state index in [4.69, 9.17) is 9.47 Å². The van der Waals surface area contributed by atoms with Crippen LogP contribution >= 0.6 is 0 Å². The summed E-state index contributed by atoms with van der Waals surface area (Å²) in [6, 6.07) is 10.6. The highest BCUT2D eigenvalue weighted by Gasteiger charge is 2.31. The molecule has 36 heavy (non-hydrogen) atoms. The van der Waals surface area contributed by atoms with Gasteiger partial charge in [-0.15, -0.1) is 0 Å². The summed E-state index contributed by atoms with van der Waals surface area (Å²) < 4.78 is 10.6. The first kappa shape index (κ1) is 23.7. The highest BCUT2D eigenvalue weighted by molar-refractivity contribution is 6.39. The van der Waals surface area contributed by atoms with Gasteiger partial charge in [-0.25, -0.2) is 0 Å². The summed E-state index contributed by atoms with van der Waals surface area (Å²) >= 11 is 0. The van der Waals surface area contributed by atoms with Crippen molar-refractivity contribution in [3.8, 4) is 11.5 Å². The zero-order valence-corrected chi connectivity index (χ0v) is 20.0. The molecule has 2 N–H and O–H groups in total. The van der Waals surface area contributed by atoms with E-state index in [0.29, 0.717) is 55.3 Å². The molecule has 10 nitrogen and oxygen atoms in total. The number of carbonyl (C=O) groups is 4. The van der Waals surface area contributed by atoms with Crippen molar-refractivity contribution in [2.75, 3.05) is 42.0 Å². The Labute approximate surface area is 208 Å². The average molecular weight is 493 g/mol. The van der Waals surface area contributed by atoms with Crippen LogP contribution in [0.5, 0.6) is 11.5 Å². The molecule has 4 amide bonds. The van der Waals surface area contributed by atoms with Gasteiger partial charge in [-0.05, 0) is 61.6 Å². The number of amides is 4.